The number of hydrogen-bond donors (Lipinski definition) is 1. The number of rotatable bonds is 4. The van der Waals surface area contributed by atoms with Gasteiger partial charge in [0.1, 0.15) is 5.60 Å². The van der Waals surface area contributed by atoms with Gasteiger partial charge in [-0.2, -0.15) is 0 Å². The molecule has 0 aliphatic carbocycles. The Hall–Kier alpha value is -1.88. The van der Waals surface area contributed by atoms with Crippen molar-refractivity contribution in [3.63, 3.8) is 0 Å². The minimum atomic E-state index is -1.84. The first-order valence-electron chi connectivity index (χ1n) is 6.34. The van der Waals surface area contributed by atoms with Gasteiger partial charge in [0.2, 0.25) is 5.54 Å². The summed E-state index contributed by atoms with van der Waals surface area (Å²) in [6, 6.07) is 9.03. The minimum absolute atomic E-state index is 0.0232. The lowest BCUT2D eigenvalue weighted by Crippen LogP contribution is -2.59. The van der Waals surface area contributed by atoms with Crippen LogP contribution in [0.3, 0.4) is 0 Å². The molecule has 0 unspecified atom stereocenters. The van der Waals surface area contributed by atoms with E-state index in [2.05, 4.69) is 4.74 Å². The molecule has 1 atom stereocenters. The molecule has 110 valence electrons. The molecule has 0 saturated heterocycles. The zero-order valence-corrected chi connectivity index (χ0v) is 12.3. The predicted molar refractivity (Wildman–Crippen MR) is 74.9 cm³/mol. The summed E-state index contributed by atoms with van der Waals surface area (Å²) in [7, 11) is 1.19. The summed E-state index contributed by atoms with van der Waals surface area (Å²) in [4.78, 5) is 24.2. The summed E-state index contributed by atoms with van der Waals surface area (Å²) in [6.07, 6.45) is 0.0232. The topological polar surface area (TPSA) is 78.6 Å². The molecule has 0 fully saturated rings. The van der Waals surface area contributed by atoms with E-state index in [0.29, 0.717) is 0 Å². The maximum Gasteiger partial charge on any atom is 0.338 e. The lowest BCUT2D eigenvalue weighted by molar-refractivity contribution is -0.170. The summed E-state index contributed by atoms with van der Waals surface area (Å²) in [5.41, 5.74) is 4.17. The first-order valence-corrected chi connectivity index (χ1v) is 6.34. The minimum Gasteiger partial charge on any atom is -0.467 e. The molecule has 20 heavy (non-hydrogen) atoms. The van der Waals surface area contributed by atoms with E-state index in [4.69, 9.17) is 10.5 Å². The molecule has 2 N–H and O–H groups in total. The number of esters is 2. The van der Waals surface area contributed by atoms with E-state index in [1.54, 1.807) is 32.9 Å². The van der Waals surface area contributed by atoms with Gasteiger partial charge in [0, 0.05) is 6.42 Å². The van der Waals surface area contributed by atoms with Gasteiger partial charge in [0.05, 0.1) is 7.11 Å². The van der Waals surface area contributed by atoms with Crippen molar-refractivity contribution < 1.29 is 19.1 Å². The van der Waals surface area contributed by atoms with E-state index in [9.17, 15) is 9.59 Å². The van der Waals surface area contributed by atoms with Crippen LogP contribution in [0.25, 0.3) is 0 Å². The van der Waals surface area contributed by atoms with Crippen molar-refractivity contribution in [3.8, 4) is 0 Å². The standard InChI is InChI=1S/C15H21NO4/c1-14(2,3)20-13(18)15(16,12(17)19-4)10-11-8-6-5-7-9-11/h5-9H,10,16H2,1-4H3/t15-/m0/s1. The average Bonchev–Trinajstić information content (AvgIpc) is 2.36. The monoisotopic (exact) mass is 279 g/mol. The van der Waals surface area contributed by atoms with Crippen LogP contribution in [0.15, 0.2) is 30.3 Å². The Morgan fingerprint density at radius 1 is 1.10 bits per heavy atom. The van der Waals surface area contributed by atoms with Crippen molar-refractivity contribution in [2.24, 2.45) is 5.73 Å². The molecule has 0 aromatic heterocycles. The molecular weight excluding hydrogens is 258 g/mol. The molecule has 0 aliphatic heterocycles. The number of benzene rings is 1. The van der Waals surface area contributed by atoms with Crippen LogP contribution in [0, 0.1) is 0 Å². The van der Waals surface area contributed by atoms with Crippen molar-refractivity contribution in [1.29, 1.82) is 0 Å². The van der Waals surface area contributed by atoms with Gasteiger partial charge in [-0.05, 0) is 26.3 Å². The summed E-state index contributed by atoms with van der Waals surface area (Å²) in [6.45, 7) is 5.14. The van der Waals surface area contributed by atoms with Crippen LogP contribution in [0.1, 0.15) is 26.3 Å². The largest absolute Gasteiger partial charge is 0.467 e. The molecule has 0 bridgehead atoms. The smallest absolute Gasteiger partial charge is 0.338 e. The summed E-state index contributed by atoms with van der Waals surface area (Å²) in [5, 5.41) is 0. The number of carbonyl (C=O) groups is 2. The van der Waals surface area contributed by atoms with Crippen LogP contribution in [-0.4, -0.2) is 30.2 Å². The number of nitrogens with two attached hydrogens (primary N) is 1. The summed E-state index contributed by atoms with van der Waals surface area (Å²) in [5.74, 6) is -1.60. The molecule has 0 aliphatic rings. The molecule has 5 nitrogen and oxygen atoms in total. The molecule has 0 saturated carbocycles. The third-order valence-corrected chi connectivity index (χ3v) is 2.64. The Balaban J connectivity index is 3.04. The fourth-order valence-corrected chi connectivity index (χ4v) is 1.70. The van der Waals surface area contributed by atoms with Gasteiger partial charge < -0.3 is 15.2 Å². The van der Waals surface area contributed by atoms with E-state index < -0.39 is 23.1 Å². The molecule has 0 heterocycles. The van der Waals surface area contributed by atoms with Gasteiger partial charge in [0.15, 0.2) is 0 Å². The third kappa shape index (κ3) is 4.06. The van der Waals surface area contributed by atoms with Crippen molar-refractivity contribution in [2.45, 2.75) is 38.3 Å². The van der Waals surface area contributed by atoms with Gasteiger partial charge in [-0.25, -0.2) is 9.59 Å². The highest BCUT2D eigenvalue weighted by atomic mass is 16.6. The quantitative estimate of drug-likeness (QED) is 0.666. The van der Waals surface area contributed by atoms with Crippen LogP contribution in [0.4, 0.5) is 0 Å². The molecule has 0 radical (unpaired) electrons. The Kier molecular flexibility index (Phi) is 4.89. The van der Waals surface area contributed by atoms with E-state index in [1.807, 2.05) is 18.2 Å². The predicted octanol–water partition coefficient (Wildman–Crippen LogP) is 1.44. The van der Waals surface area contributed by atoms with E-state index in [-0.39, 0.29) is 6.42 Å². The first kappa shape index (κ1) is 16.2. The molecule has 5 heteroatoms. The third-order valence-electron chi connectivity index (χ3n) is 2.64. The number of carbonyl (C=O) groups excluding carboxylic acids is 2. The molecule has 1 rings (SSSR count). The molecule has 1 aromatic rings. The van der Waals surface area contributed by atoms with Gasteiger partial charge in [-0.15, -0.1) is 0 Å². The highest BCUT2D eigenvalue weighted by molar-refractivity contribution is 6.05. The number of hydrogen-bond acceptors (Lipinski definition) is 5. The first-order chi connectivity index (χ1) is 9.19. The van der Waals surface area contributed by atoms with Crippen LogP contribution in [0.5, 0.6) is 0 Å². The lowest BCUT2D eigenvalue weighted by atomic mass is 9.91. The van der Waals surface area contributed by atoms with E-state index >= 15 is 0 Å². The second-order valence-corrected chi connectivity index (χ2v) is 5.63. The number of ether oxygens (including phenoxy) is 2. The average molecular weight is 279 g/mol. The second kappa shape index (κ2) is 6.05. The Morgan fingerprint density at radius 3 is 2.10 bits per heavy atom. The Bertz CT molecular complexity index is 478. The fraction of sp³-hybridized carbons (Fsp3) is 0.467. The molecule has 0 amide bonds. The van der Waals surface area contributed by atoms with Gasteiger partial charge in [0.25, 0.3) is 0 Å². The second-order valence-electron chi connectivity index (χ2n) is 5.63. The highest BCUT2D eigenvalue weighted by Crippen LogP contribution is 2.19. The van der Waals surface area contributed by atoms with Crippen LogP contribution in [-0.2, 0) is 25.5 Å². The zero-order chi connectivity index (χ0) is 15.4. The zero-order valence-electron chi connectivity index (χ0n) is 12.3. The van der Waals surface area contributed by atoms with Crippen molar-refractivity contribution in [1.82, 2.24) is 0 Å². The Morgan fingerprint density at radius 2 is 1.65 bits per heavy atom. The van der Waals surface area contributed by atoms with Crippen molar-refractivity contribution in [2.75, 3.05) is 7.11 Å². The van der Waals surface area contributed by atoms with E-state index in [0.717, 1.165) is 5.56 Å². The van der Waals surface area contributed by atoms with Gasteiger partial charge in [-0.1, -0.05) is 30.3 Å². The van der Waals surface area contributed by atoms with Crippen LogP contribution in [0.2, 0.25) is 0 Å². The summed E-state index contributed by atoms with van der Waals surface area (Å²) < 4.78 is 9.89. The van der Waals surface area contributed by atoms with Gasteiger partial charge >= 0.3 is 11.9 Å². The maximum atomic E-state index is 12.2. The SMILES string of the molecule is COC(=O)[C@@](N)(Cc1ccccc1)C(=O)OC(C)(C)C. The fourth-order valence-electron chi connectivity index (χ4n) is 1.70. The van der Waals surface area contributed by atoms with Crippen LogP contribution < -0.4 is 5.73 Å². The number of methoxy groups -OCH3 is 1. The van der Waals surface area contributed by atoms with Crippen molar-refractivity contribution >= 4 is 11.9 Å². The highest BCUT2D eigenvalue weighted by Gasteiger charge is 2.46. The van der Waals surface area contributed by atoms with Gasteiger partial charge in [-0.3, -0.25) is 0 Å². The summed E-state index contributed by atoms with van der Waals surface area (Å²) >= 11 is 0. The van der Waals surface area contributed by atoms with E-state index in [1.165, 1.54) is 7.11 Å². The molecule has 1 aromatic carbocycles. The van der Waals surface area contributed by atoms with Crippen molar-refractivity contribution in [3.05, 3.63) is 35.9 Å². The molecular formula is C15H21NO4. The van der Waals surface area contributed by atoms with Crippen LogP contribution >= 0.6 is 0 Å². The Labute approximate surface area is 119 Å². The lowest BCUT2D eigenvalue weighted by Gasteiger charge is -2.29. The molecule has 0 spiro atoms. The maximum absolute atomic E-state index is 12.2. The normalized spacial score (nSPS) is 14.2.